The van der Waals surface area contributed by atoms with Crippen molar-refractivity contribution in [3.63, 3.8) is 0 Å². The first-order chi connectivity index (χ1) is 17.4. The molecule has 2 aromatic rings. The third kappa shape index (κ3) is 5.07. The molecule has 3 aliphatic heterocycles. The minimum atomic E-state index is -0.484. The van der Waals surface area contributed by atoms with Gasteiger partial charge in [-0.1, -0.05) is 34.1 Å². The second kappa shape index (κ2) is 10.5. The fourth-order valence-electron chi connectivity index (χ4n) is 5.58. The van der Waals surface area contributed by atoms with E-state index in [1.807, 2.05) is 40.1 Å². The Balaban J connectivity index is 1.34. The first-order valence-corrected chi connectivity index (χ1v) is 13.5. The van der Waals surface area contributed by atoms with Gasteiger partial charge in [-0.2, -0.15) is 0 Å². The number of halogens is 1. The summed E-state index contributed by atoms with van der Waals surface area (Å²) < 4.78 is 0.764. The molecular formula is C27H32BrN5O3. The second-order valence-electron chi connectivity index (χ2n) is 9.93. The van der Waals surface area contributed by atoms with Crippen LogP contribution in [0.1, 0.15) is 60.4 Å². The summed E-state index contributed by atoms with van der Waals surface area (Å²) in [6, 6.07) is 11.1. The van der Waals surface area contributed by atoms with Gasteiger partial charge in [-0.25, -0.2) is 0 Å². The van der Waals surface area contributed by atoms with E-state index >= 15 is 0 Å². The molecule has 8 nitrogen and oxygen atoms in total. The van der Waals surface area contributed by atoms with Gasteiger partial charge in [0.25, 0.3) is 5.91 Å². The van der Waals surface area contributed by atoms with Crippen LogP contribution in [0.3, 0.4) is 0 Å². The number of rotatable bonds is 4. The number of carbonyl (C=O) groups excluding carboxylic acids is 3. The molecule has 2 saturated heterocycles. The third-order valence-corrected chi connectivity index (χ3v) is 7.84. The van der Waals surface area contributed by atoms with Crippen LogP contribution in [0.15, 0.2) is 40.9 Å². The van der Waals surface area contributed by atoms with Crippen LogP contribution < -0.4 is 16.4 Å². The van der Waals surface area contributed by atoms with Crippen molar-refractivity contribution in [1.29, 1.82) is 0 Å². The molecule has 3 heterocycles. The molecule has 2 atom stereocenters. The van der Waals surface area contributed by atoms with E-state index in [4.69, 9.17) is 5.73 Å². The van der Waals surface area contributed by atoms with Crippen LogP contribution in [0.5, 0.6) is 0 Å². The minimum absolute atomic E-state index is 0.0150. The number of nitrogens with one attached hydrogen (secondary N) is 2. The fourth-order valence-corrected chi connectivity index (χ4v) is 6.05. The first kappa shape index (κ1) is 24.6. The molecule has 5 rings (SSSR count). The summed E-state index contributed by atoms with van der Waals surface area (Å²) in [4.78, 5) is 43.0. The number of anilines is 3. The highest BCUT2D eigenvalue weighted by Gasteiger charge is 2.35. The number of benzene rings is 2. The molecule has 2 aromatic carbocycles. The average Bonchev–Trinajstić information content (AvgIpc) is 2.89. The number of para-hydroxylation sites is 1. The van der Waals surface area contributed by atoms with Crippen molar-refractivity contribution in [2.75, 3.05) is 42.5 Å². The third-order valence-electron chi connectivity index (χ3n) is 7.39. The number of carbonyl (C=O) groups is 3. The molecule has 0 aromatic heterocycles. The maximum Gasteiger partial charge on any atom is 0.256 e. The molecule has 2 fully saturated rings. The predicted molar refractivity (Wildman–Crippen MR) is 144 cm³/mol. The number of nitrogens with zero attached hydrogens (tertiary/aromatic N) is 2. The van der Waals surface area contributed by atoms with Gasteiger partial charge in [0, 0.05) is 48.8 Å². The molecule has 0 saturated carbocycles. The summed E-state index contributed by atoms with van der Waals surface area (Å²) in [6.45, 7) is 2.65. The van der Waals surface area contributed by atoms with Gasteiger partial charge in [0.15, 0.2) is 0 Å². The SMILES string of the molecule is Nc1cc(Br)cc(C(=O)N2CCCCC2)c1NC1CCCN(C(=O)C2CC(=O)Nc3ccccc32)C1. The van der Waals surface area contributed by atoms with Crippen LogP contribution in [0.2, 0.25) is 0 Å². The Morgan fingerprint density at radius 3 is 2.58 bits per heavy atom. The summed E-state index contributed by atoms with van der Waals surface area (Å²) in [5.74, 6) is -0.666. The number of piperidine rings is 2. The minimum Gasteiger partial charge on any atom is -0.397 e. The zero-order valence-corrected chi connectivity index (χ0v) is 21.9. The number of nitrogens with two attached hydrogens (primary N) is 1. The van der Waals surface area contributed by atoms with Gasteiger partial charge in [-0.05, 0) is 55.9 Å². The highest BCUT2D eigenvalue weighted by atomic mass is 79.9. The summed E-state index contributed by atoms with van der Waals surface area (Å²) in [6.07, 6.45) is 5.02. The van der Waals surface area contributed by atoms with Crippen molar-refractivity contribution in [2.45, 2.75) is 50.5 Å². The fraction of sp³-hybridized carbons (Fsp3) is 0.444. The first-order valence-electron chi connectivity index (χ1n) is 12.7. The zero-order valence-electron chi connectivity index (χ0n) is 20.3. The molecule has 0 bridgehead atoms. The summed E-state index contributed by atoms with van der Waals surface area (Å²) in [5, 5.41) is 6.38. The quantitative estimate of drug-likeness (QED) is 0.492. The number of hydrogen-bond donors (Lipinski definition) is 3. The van der Waals surface area contributed by atoms with E-state index in [-0.39, 0.29) is 30.2 Å². The van der Waals surface area contributed by atoms with Gasteiger partial charge in [0.1, 0.15) is 0 Å². The lowest BCUT2D eigenvalue weighted by Gasteiger charge is -2.37. The van der Waals surface area contributed by atoms with Gasteiger partial charge >= 0.3 is 0 Å². The number of likely N-dealkylation sites (tertiary alicyclic amines) is 2. The van der Waals surface area contributed by atoms with Crippen molar-refractivity contribution >= 4 is 50.7 Å². The zero-order chi connectivity index (χ0) is 25.2. The number of nitrogen functional groups attached to an aromatic ring is 1. The standard InChI is InChI=1S/C27H32BrN5O3/c28-17-13-21(27(36)32-10-4-1-5-11-32)25(22(29)14-17)30-18-7-6-12-33(16-18)26(35)20-15-24(34)31-23-9-3-2-8-19(20)23/h2-3,8-9,13-14,18,20,30H,1,4-7,10-12,15-16,29H2,(H,31,34). The van der Waals surface area contributed by atoms with Gasteiger partial charge in [0.2, 0.25) is 11.8 Å². The van der Waals surface area contributed by atoms with E-state index in [9.17, 15) is 14.4 Å². The smallest absolute Gasteiger partial charge is 0.256 e. The van der Waals surface area contributed by atoms with Gasteiger partial charge < -0.3 is 26.2 Å². The van der Waals surface area contributed by atoms with E-state index in [1.54, 1.807) is 6.07 Å². The van der Waals surface area contributed by atoms with Crippen molar-refractivity contribution in [3.05, 3.63) is 52.0 Å². The summed E-state index contributed by atoms with van der Waals surface area (Å²) in [5.41, 5.74) is 9.67. The molecule has 36 heavy (non-hydrogen) atoms. The molecule has 0 spiro atoms. The maximum absolute atomic E-state index is 13.6. The topological polar surface area (TPSA) is 108 Å². The Hall–Kier alpha value is -3.07. The summed E-state index contributed by atoms with van der Waals surface area (Å²) >= 11 is 3.49. The van der Waals surface area contributed by atoms with Gasteiger partial charge in [0.05, 0.1) is 22.9 Å². The number of amides is 3. The predicted octanol–water partition coefficient (Wildman–Crippen LogP) is 4.19. The van der Waals surface area contributed by atoms with Crippen molar-refractivity contribution in [2.24, 2.45) is 0 Å². The average molecular weight is 554 g/mol. The number of hydrogen-bond acceptors (Lipinski definition) is 5. The molecule has 190 valence electrons. The molecule has 0 radical (unpaired) electrons. The van der Waals surface area contributed by atoms with Crippen LogP contribution in [0, 0.1) is 0 Å². The lowest BCUT2D eigenvalue weighted by atomic mass is 9.88. The Labute approximate surface area is 219 Å². The van der Waals surface area contributed by atoms with Crippen LogP contribution >= 0.6 is 15.9 Å². The Morgan fingerprint density at radius 2 is 1.78 bits per heavy atom. The Morgan fingerprint density at radius 1 is 1.03 bits per heavy atom. The van der Waals surface area contributed by atoms with Crippen molar-refractivity contribution in [3.8, 4) is 0 Å². The lowest BCUT2D eigenvalue weighted by molar-refractivity contribution is -0.135. The van der Waals surface area contributed by atoms with E-state index in [0.29, 0.717) is 35.7 Å². The van der Waals surface area contributed by atoms with Crippen LogP contribution in [0.4, 0.5) is 17.1 Å². The summed E-state index contributed by atoms with van der Waals surface area (Å²) in [7, 11) is 0. The Bertz CT molecular complexity index is 1180. The molecule has 3 amide bonds. The largest absolute Gasteiger partial charge is 0.397 e. The lowest BCUT2D eigenvalue weighted by Crippen LogP contribution is -2.48. The van der Waals surface area contributed by atoms with Crippen molar-refractivity contribution in [1.82, 2.24) is 9.80 Å². The van der Waals surface area contributed by atoms with E-state index in [2.05, 4.69) is 26.6 Å². The van der Waals surface area contributed by atoms with E-state index in [0.717, 1.165) is 55.2 Å². The molecule has 2 unspecified atom stereocenters. The number of fused-ring (bicyclic) bond motifs is 1. The molecule has 4 N–H and O–H groups in total. The van der Waals surface area contributed by atoms with E-state index in [1.165, 1.54) is 0 Å². The van der Waals surface area contributed by atoms with Crippen LogP contribution in [-0.4, -0.2) is 59.7 Å². The van der Waals surface area contributed by atoms with E-state index < -0.39 is 5.92 Å². The second-order valence-corrected chi connectivity index (χ2v) is 10.8. The molecule has 3 aliphatic rings. The van der Waals surface area contributed by atoms with Gasteiger partial charge in [-0.15, -0.1) is 0 Å². The van der Waals surface area contributed by atoms with Crippen molar-refractivity contribution < 1.29 is 14.4 Å². The van der Waals surface area contributed by atoms with Crippen LogP contribution in [-0.2, 0) is 9.59 Å². The monoisotopic (exact) mass is 553 g/mol. The van der Waals surface area contributed by atoms with Crippen LogP contribution in [0.25, 0.3) is 0 Å². The molecule has 0 aliphatic carbocycles. The highest BCUT2D eigenvalue weighted by Crippen LogP contribution is 2.35. The Kier molecular flexibility index (Phi) is 7.18. The molecule has 9 heteroatoms. The maximum atomic E-state index is 13.6. The molecular weight excluding hydrogens is 522 g/mol. The van der Waals surface area contributed by atoms with Gasteiger partial charge in [-0.3, -0.25) is 14.4 Å². The normalized spacial score (nSPS) is 22.0. The highest BCUT2D eigenvalue weighted by molar-refractivity contribution is 9.10.